The number of aryl methyl sites for hydroxylation is 2. The lowest BCUT2D eigenvalue weighted by Gasteiger charge is -2.40. The third kappa shape index (κ3) is 4.30. The summed E-state index contributed by atoms with van der Waals surface area (Å²) in [5.74, 6) is 0.835. The number of aromatic nitrogens is 4. The van der Waals surface area contributed by atoms with Gasteiger partial charge in [0.15, 0.2) is 0 Å². The minimum absolute atomic E-state index is 0.00593. The first-order valence-corrected chi connectivity index (χ1v) is 12.1. The Bertz CT molecular complexity index is 1270. The van der Waals surface area contributed by atoms with Crippen LogP contribution in [0.1, 0.15) is 51.7 Å². The van der Waals surface area contributed by atoms with E-state index in [0.717, 1.165) is 45.9 Å². The molecule has 1 aliphatic rings. The van der Waals surface area contributed by atoms with Gasteiger partial charge in [-0.05, 0) is 55.3 Å². The quantitative estimate of drug-likeness (QED) is 0.474. The maximum absolute atomic E-state index is 12.8. The van der Waals surface area contributed by atoms with Gasteiger partial charge in [-0.2, -0.15) is 0 Å². The van der Waals surface area contributed by atoms with Gasteiger partial charge in [-0.3, -0.25) is 9.78 Å². The molecule has 1 aromatic carbocycles. The Morgan fingerprint density at radius 3 is 2.85 bits per heavy atom. The number of hydrogen-bond acceptors (Lipinski definition) is 7. The molecule has 0 radical (unpaired) electrons. The van der Waals surface area contributed by atoms with Crippen LogP contribution in [0.2, 0.25) is 0 Å². The molecule has 33 heavy (non-hydrogen) atoms. The summed E-state index contributed by atoms with van der Waals surface area (Å²) in [6.07, 6.45) is 7.73. The molecule has 168 valence electrons. The highest BCUT2D eigenvalue weighted by atomic mass is 32.1. The monoisotopic (exact) mass is 458 g/mol. The van der Waals surface area contributed by atoms with Crippen molar-refractivity contribution in [3.8, 4) is 0 Å². The molecule has 8 heteroatoms. The molecule has 0 saturated carbocycles. The van der Waals surface area contributed by atoms with Gasteiger partial charge >= 0.3 is 0 Å². The summed E-state index contributed by atoms with van der Waals surface area (Å²) >= 11 is 1.67. The maximum Gasteiger partial charge on any atom is 0.253 e. The number of rotatable bonds is 5. The Kier molecular flexibility index (Phi) is 6.00. The maximum atomic E-state index is 12.8. The SMILES string of the molecule is CCc1nnc(C2CC[C@@H](NC(=O)c3cccnc3)CN2c2nccc3cccc(C)c23)s1. The van der Waals surface area contributed by atoms with E-state index in [0.29, 0.717) is 12.1 Å². The normalized spacial score (nSPS) is 18.4. The number of carbonyl (C=O) groups excluding carboxylic acids is 1. The van der Waals surface area contributed by atoms with Crippen molar-refractivity contribution in [2.45, 2.75) is 45.2 Å². The summed E-state index contributed by atoms with van der Waals surface area (Å²) in [4.78, 5) is 24.0. The molecule has 1 saturated heterocycles. The molecule has 2 atom stereocenters. The summed E-state index contributed by atoms with van der Waals surface area (Å²) < 4.78 is 0. The molecular weight excluding hydrogens is 432 g/mol. The fraction of sp³-hybridized carbons (Fsp3) is 0.320. The molecule has 0 bridgehead atoms. The number of piperidine rings is 1. The molecule has 4 aromatic rings. The molecule has 4 heterocycles. The first-order chi connectivity index (χ1) is 16.1. The highest BCUT2D eigenvalue weighted by Crippen LogP contribution is 2.39. The average Bonchev–Trinajstić information content (AvgIpc) is 3.33. The molecule has 1 unspecified atom stereocenters. The third-order valence-corrected chi connectivity index (χ3v) is 7.33. The van der Waals surface area contributed by atoms with E-state index in [1.54, 1.807) is 35.9 Å². The second kappa shape index (κ2) is 9.23. The number of benzene rings is 1. The van der Waals surface area contributed by atoms with Crippen molar-refractivity contribution >= 4 is 33.8 Å². The first kappa shape index (κ1) is 21.5. The Balaban J connectivity index is 1.50. The predicted octanol–water partition coefficient (Wildman–Crippen LogP) is 4.49. The number of carbonyl (C=O) groups is 1. The van der Waals surface area contributed by atoms with Crippen molar-refractivity contribution in [2.75, 3.05) is 11.4 Å². The number of pyridine rings is 2. The zero-order valence-electron chi connectivity index (χ0n) is 18.7. The van der Waals surface area contributed by atoms with Crippen LogP contribution < -0.4 is 10.2 Å². The number of fused-ring (bicyclic) bond motifs is 1. The molecule has 1 aliphatic heterocycles. The van der Waals surface area contributed by atoms with Crippen molar-refractivity contribution in [1.82, 2.24) is 25.5 Å². The Labute approximate surface area is 196 Å². The molecular formula is C25H26N6OS. The molecule has 5 rings (SSSR count). The average molecular weight is 459 g/mol. The number of nitrogens with one attached hydrogen (secondary N) is 1. The van der Waals surface area contributed by atoms with Crippen LogP contribution in [0.25, 0.3) is 10.8 Å². The van der Waals surface area contributed by atoms with Crippen LogP contribution in [0.15, 0.2) is 55.0 Å². The second-order valence-corrected chi connectivity index (χ2v) is 9.45. The van der Waals surface area contributed by atoms with Gasteiger partial charge in [0, 0.05) is 36.6 Å². The van der Waals surface area contributed by atoms with Crippen LogP contribution in [0.3, 0.4) is 0 Å². The van der Waals surface area contributed by atoms with Gasteiger partial charge in [-0.1, -0.05) is 36.5 Å². The van der Waals surface area contributed by atoms with Gasteiger partial charge in [0.2, 0.25) is 0 Å². The standard InChI is InChI=1S/C25H26N6OS/c1-3-21-29-30-25(33-21)20-10-9-19(28-24(32)18-8-5-12-26-14-18)15-31(20)23-22-16(2)6-4-7-17(22)11-13-27-23/h4-8,11-14,19-20H,3,9-10,15H2,1-2H3,(H,28,32)/t19-,20?/m1/s1. The van der Waals surface area contributed by atoms with Crippen LogP contribution in [0, 0.1) is 6.92 Å². The Morgan fingerprint density at radius 2 is 2.06 bits per heavy atom. The molecule has 3 aromatic heterocycles. The molecule has 1 fully saturated rings. The van der Waals surface area contributed by atoms with Gasteiger partial charge in [0.25, 0.3) is 5.91 Å². The zero-order chi connectivity index (χ0) is 22.8. The minimum Gasteiger partial charge on any atom is -0.347 e. The van der Waals surface area contributed by atoms with E-state index >= 15 is 0 Å². The van der Waals surface area contributed by atoms with Crippen LogP contribution in [0.5, 0.6) is 0 Å². The van der Waals surface area contributed by atoms with E-state index in [-0.39, 0.29) is 18.0 Å². The third-order valence-electron chi connectivity index (χ3n) is 6.16. The smallest absolute Gasteiger partial charge is 0.253 e. The van der Waals surface area contributed by atoms with Crippen LogP contribution in [-0.4, -0.2) is 38.7 Å². The molecule has 0 aliphatic carbocycles. The van der Waals surface area contributed by atoms with E-state index in [9.17, 15) is 4.79 Å². The van der Waals surface area contributed by atoms with Crippen LogP contribution in [0.4, 0.5) is 5.82 Å². The zero-order valence-corrected chi connectivity index (χ0v) is 19.5. The first-order valence-electron chi connectivity index (χ1n) is 11.3. The number of amides is 1. The molecule has 1 amide bonds. The summed E-state index contributed by atoms with van der Waals surface area (Å²) in [5.41, 5.74) is 1.75. The lowest BCUT2D eigenvalue weighted by atomic mass is 9.96. The van der Waals surface area contributed by atoms with E-state index in [1.165, 1.54) is 5.56 Å². The van der Waals surface area contributed by atoms with Gasteiger partial charge in [0.05, 0.1) is 11.6 Å². The van der Waals surface area contributed by atoms with Crippen LogP contribution >= 0.6 is 11.3 Å². The summed E-state index contributed by atoms with van der Waals surface area (Å²) in [5, 5.41) is 16.5. The number of nitrogens with zero attached hydrogens (tertiary/aromatic N) is 5. The molecule has 7 nitrogen and oxygen atoms in total. The highest BCUT2D eigenvalue weighted by molar-refractivity contribution is 7.11. The minimum atomic E-state index is -0.0993. The largest absolute Gasteiger partial charge is 0.347 e. The fourth-order valence-electron chi connectivity index (χ4n) is 4.49. The number of anilines is 1. The predicted molar refractivity (Wildman–Crippen MR) is 131 cm³/mol. The van der Waals surface area contributed by atoms with Crippen molar-refractivity contribution in [3.05, 3.63) is 76.1 Å². The van der Waals surface area contributed by atoms with Gasteiger partial charge in [0.1, 0.15) is 15.8 Å². The Hall–Kier alpha value is -3.39. The molecule has 0 spiro atoms. The lowest BCUT2D eigenvalue weighted by Crippen LogP contribution is -2.49. The van der Waals surface area contributed by atoms with E-state index in [4.69, 9.17) is 4.98 Å². The van der Waals surface area contributed by atoms with Crippen molar-refractivity contribution in [1.29, 1.82) is 0 Å². The lowest BCUT2D eigenvalue weighted by molar-refractivity contribution is 0.0930. The van der Waals surface area contributed by atoms with Crippen molar-refractivity contribution in [3.63, 3.8) is 0 Å². The Morgan fingerprint density at radius 1 is 1.15 bits per heavy atom. The summed E-state index contributed by atoms with van der Waals surface area (Å²) in [6.45, 7) is 4.87. The highest BCUT2D eigenvalue weighted by Gasteiger charge is 2.34. The second-order valence-electron chi connectivity index (χ2n) is 8.35. The summed E-state index contributed by atoms with van der Waals surface area (Å²) in [6, 6.07) is 12.0. The van der Waals surface area contributed by atoms with Crippen molar-refractivity contribution in [2.24, 2.45) is 0 Å². The van der Waals surface area contributed by atoms with E-state index < -0.39 is 0 Å². The molecule has 1 N–H and O–H groups in total. The van der Waals surface area contributed by atoms with Crippen LogP contribution in [-0.2, 0) is 6.42 Å². The fourth-order valence-corrected chi connectivity index (χ4v) is 5.42. The van der Waals surface area contributed by atoms with Crippen molar-refractivity contribution < 1.29 is 4.79 Å². The van der Waals surface area contributed by atoms with Gasteiger partial charge < -0.3 is 10.2 Å². The van der Waals surface area contributed by atoms with E-state index in [2.05, 4.69) is 57.4 Å². The topological polar surface area (TPSA) is 83.9 Å². The van der Waals surface area contributed by atoms with Gasteiger partial charge in [-0.25, -0.2) is 4.98 Å². The van der Waals surface area contributed by atoms with E-state index in [1.807, 2.05) is 12.3 Å². The summed E-state index contributed by atoms with van der Waals surface area (Å²) in [7, 11) is 0. The van der Waals surface area contributed by atoms with Gasteiger partial charge in [-0.15, -0.1) is 10.2 Å². The number of hydrogen-bond donors (Lipinski definition) is 1.